The van der Waals surface area contributed by atoms with Crippen LogP contribution in [0.4, 0.5) is 0 Å². The zero-order chi connectivity index (χ0) is 12.3. The normalized spacial score (nSPS) is 21.2. The van der Waals surface area contributed by atoms with Crippen LogP contribution in [0.3, 0.4) is 0 Å². The van der Waals surface area contributed by atoms with Crippen molar-refractivity contribution in [1.82, 2.24) is 5.32 Å². The van der Waals surface area contributed by atoms with Crippen LogP contribution >= 0.6 is 45.7 Å². The molecule has 1 nitrogen and oxygen atoms in total. The molecule has 1 N–H and O–H groups in total. The number of hydrogen-bond donors (Lipinski definition) is 1. The number of nitrogens with one attached hydrogen (secondary N) is 1. The summed E-state index contributed by atoms with van der Waals surface area (Å²) in [4.78, 5) is 1.62. The Morgan fingerprint density at radius 2 is 2.47 bits per heavy atom. The third-order valence-corrected chi connectivity index (χ3v) is 6.26. The number of aryl methyl sites for hydroxylation is 1. The molecule has 0 saturated heterocycles. The quantitative estimate of drug-likeness (QED) is 0.756. The van der Waals surface area contributed by atoms with Gasteiger partial charge in [-0.3, -0.25) is 0 Å². The van der Waals surface area contributed by atoms with Gasteiger partial charge in [0.25, 0.3) is 0 Å². The van der Waals surface area contributed by atoms with E-state index in [9.17, 15) is 0 Å². The number of thiophene rings is 1. The first-order chi connectivity index (χ1) is 8.20. The average Bonchev–Trinajstić information content (AvgIpc) is 2.68. The lowest BCUT2D eigenvalue weighted by molar-refractivity contribution is 0.429. The van der Waals surface area contributed by atoms with Gasteiger partial charge in [0.05, 0.1) is 2.88 Å². The van der Waals surface area contributed by atoms with E-state index in [2.05, 4.69) is 47.8 Å². The van der Waals surface area contributed by atoms with E-state index in [1.165, 1.54) is 33.7 Å². The van der Waals surface area contributed by atoms with Crippen LogP contribution < -0.4 is 5.32 Å². The Labute approximate surface area is 126 Å². The van der Waals surface area contributed by atoms with E-state index in [1.54, 1.807) is 10.4 Å². The molecule has 0 bridgehead atoms. The molecular weight excluding hydrogens is 361 g/mol. The highest BCUT2D eigenvalue weighted by Gasteiger charge is 2.23. The predicted molar refractivity (Wildman–Crippen MR) is 88.3 cm³/mol. The Hall–Kier alpha value is 0.740. The van der Waals surface area contributed by atoms with Crippen molar-refractivity contribution < 1.29 is 0 Å². The van der Waals surface area contributed by atoms with Crippen LogP contribution in [0, 0.1) is 2.88 Å². The highest BCUT2D eigenvalue weighted by molar-refractivity contribution is 14.1. The smallest absolute Gasteiger partial charge is 0.0659 e. The van der Waals surface area contributed by atoms with Crippen molar-refractivity contribution in [1.29, 1.82) is 0 Å². The molecule has 96 valence electrons. The molecular formula is C13H20INS2. The van der Waals surface area contributed by atoms with Gasteiger partial charge in [0, 0.05) is 22.7 Å². The number of fused-ring (bicyclic) bond motifs is 1. The van der Waals surface area contributed by atoms with Crippen LogP contribution in [-0.4, -0.2) is 17.5 Å². The van der Waals surface area contributed by atoms with Crippen molar-refractivity contribution >= 4 is 45.7 Å². The Morgan fingerprint density at radius 1 is 1.65 bits per heavy atom. The fourth-order valence-electron chi connectivity index (χ4n) is 2.38. The zero-order valence-electron chi connectivity index (χ0n) is 10.5. The van der Waals surface area contributed by atoms with Crippen LogP contribution in [-0.2, 0) is 6.42 Å². The van der Waals surface area contributed by atoms with Gasteiger partial charge < -0.3 is 5.32 Å². The summed E-state index contributed by atoms with van der Waals surface area (Å²) in [5.74, 6) is 2.45. The molecule has 0 fully saturated rings. The molecule has 2 unspecified atom stereocenters. The minimum Gasteiger partial charge on any atom is -0.307 e. The summed E-state index contributed by atoms with van der Waals surface area (Å²) in [5.41, 5.74) is 1.58. The minimum absolute atomic E-state index is 0.603. The summed E-state index contributed by atoms with van der Waals surface area (Å²) in [7, 11) is 0. The van der Waals surface area contributed by atoms with Gasteiger partial charge >= 0.3 is 0 Å². The van der Waals surface area contributed by atoms with Crippen LogP contribution in [0.15, 0.2) is 6.07 Å². The molecule has 1 aromatic rings. The topological polar surface area (TPSA) is 12.0 Å². The van der Waals surface area contributed by atoms with Crippen LogP contribution in [0.2, 0.25) is 0 Å². The number of hydrogen-bond acceptors (Lipinski definition) is 3. The molecule has 2 atom stereocenters. The van der Waals surface area contributed by atoms with Gasteiger partial charge in [-0.25, -0.2) is 0 Å². The summed E-state index contributed by atoms with van der Waals surface area (Å²) in [6.45, 7) is 4.55. The molecule has 1 aliphatic carbocycles. The number of halogens is 1. The number of thioether (sulfide) groups is 1. The first-order valence-corrected chi connectivity index (χ1v) is 9.37. The largest absolute Gasteiger partial charge is 0.307 e. The first kappa shape index (κ1) is 14.2. The van der Waals surface area contributed by atoms with Crippen molar-refractivity contribution in [2.24, 2.45) is 0 Å². The molecule has 1 aliphatic rings. The van der Waals surface area contributed by atoms with E-state index in [0.717, 1.165) is 0 Å². The first-order valence-electron chi connectivity index (χ1n) is 6.32. The van der Waals surface area contributed by atoms with E-state index >= 15 is 0 Å². The van der Waals surface area contributed by atoms with Gasteiger partial charge in [-0.05, 0) is 66.2 Å². The van der Waals surface area contributed by atoms with Gasteiger partial charge in [-0.1, -0.05) is 6.92 Å². The van der Waals surface area contributed by atoms with Crippen molar-refractivity contribution in [2.75, 3.05) is 11.5 Å². The minimum atomic E-state index is 0.603. The van der Waals surface area contributed by atoms with Crippen molar-refractivity contribution in [3.05, 3.63) is 19.4 Å². The maximum atomic E-state index is 3.81. The molecule has 0 amide bonds. The summed E-state index contributed by atoms with van der Waals surface area (Å²) in [6.07, 6.45) is 3.94. The summed E-state index contributed by atoms with van der Waals surface area (Å²) >= 11 is 6.46. The van der Waals surface area contributed by atoms with Gasteiger partial charge in [0.15, 0.2) is 0 Å². The van der Waals surface area contributed by atoms with Crippen molar-refractivity contribution in [3.8, 4) is 0 Å². The molecule has 17 heavy (non-hydrogen) atoms. The third kappa shape index (κ3) is 3.85. The SMILES string of the molecule is CCSCC(C)NC1CCCc2sc(I)cc21. The second-order valence-electron chi connectivity index (χ2n) is 4.60. The summed E-state index contributed by atoms with van der Waals surface area (Å²) in [5, 5.41) is 3.81. The second-order valence-corrected chi connectivity index (χ2v) is 8.95. The van der Waals surface area contributed by atoms with Crippen LogP contribution in [0.5, 0.6) is 0 Å². The Kier molecular flexibility index (Phi) is 5.64. The predicted octanol–water partition coefficient (Wildman–Crippen LogP) is 4.46. The standard InChI is InChI=1S/C13H20INS2/c1-3-16-8-9(2)15-11-5-4-6-12-10(11)7-13(14)17-12/h7,9,11,15H,3-6,8H2,1-2H3. The highest BCUT2D eigenvalue weighted by atomic mass is 127. The van der Waals surface area contributed by atoms with E-state index < -0.39 is 0 Å². The molecule has 0 saturated carbocycles. The average molecular weight is 381 g/mol. The molecule has 0 aromatic carbocycles. The van der Waals surface area contributed by atoms with E-state index in [4.69, 9.17) is 0 Å². The van der Waals surface area contributed by atoms with Gasteiger partial charge in [0.1, 0.15) is 0 Å². The van der Waals surface area contributed by atoms with Gasteiger partial charge in [-0.15, -0.1) is 11.3 Å². The van der Waals surface area contributed by atoms with E-state index in [-0.39, 0.29) is 0 Å². The van der Waals surface area contributed by atoms with Crippen LogP contribution in [0.25, 0.3) is 0 Å². The lowest BCUT2D eigenvalue weighted by Crippen LogP contribution is -2.33. The lowest BCUT2D eigenvalue weighted by Gasteiger charge is -2.27. The lowest BCUT2D eigenvalue weighted by atomic mass is 9.93. The Balaban J connectivity index is 1.98. The van der Waals surface area contributed by atoms with E-state index in [0.29, 0.717) is 12.1 Å². The fourth-order valence-corrected chi connectivity index (χ4v) is 5.19. The maximum absolute atomic E-state index is 3.81. The monoisotopic (exact) mass is 381 g/mol. The van der Waals surface area contributed by atoms with Crippen molar-refractivity contribution in [2.45, 2.75) is 45.2 Å². The Morgan fingerprint density at radius 3 is 3.24 bits per heavy atom. The zero-order valence-corrected chi connectivity index (χ0v) is 14.3. The molecule has 1 heterocycles. The molecule has 0 radical (unpaired) electrons. The third-order valence-electron chi connectivity index (χ3n) is 3.14. The molecule has 4 heteroatoms. The number of rotatable bonds is 5. The van der Waals surface area contributed by atoms with E-state index in [1.807, 2.05) is 23.1 Å². The van der Waals surface area contributed by atoms with Gasteiger partial charge in [0.2, 0.25) is 0 Å². The molecule has 0 aliphatic heterocycles. The van der Waals surface area contributed by atoms with Gasteiger partial charge in [-0.2, -0.15) is 11.8 Å². The highest BCUT2D eigenvalue weighted by Crippen LogP contribution is 2.36. The summed E-state index contributed by atoms with van der Waals surface area (Å²) in [6, 6.07) is 3.61. The maximum Gasteiger partial charge on any atom is 0.0659 e. The second kappa shape index (κ2) is 6.78. The molecule has 2 rings (SSSR count). The summed E-state index contributed by atoms with van der Waals surface area (Å²) < 4.78 is 1.44. The molecule has 1 aromatic heterocycles. The molecule has 0 spiro atoms. The fraction of sp³-hybridized carbons (Fsp3) is 0.692. The van der Waals surface area contributed by atoms with Crippen LogP contribution in [0.1, 0.15) is 43.2 Å². The Bertz CT molecular complexity index is 364. The van der Waals surface area contributed by atoms with Crippen molar-refractivity contribution in [3.63, 3.8) is 0 Å².